The molecule has 26 heavy (non-hydrogen) atoms. The average molecular weight is 368 g/mol. The van der Waals surface area contributed by atoms with Crippen molar-refractivity contribution in [2.75, 3.05) is 11.4 Å². The Balaban J connectivity index is 0.00000168. The third-order valence-electron chi connectivity index (χ3n) is 6.08. The second-order valence-electron chi connectivity index (χ2n) is 7.73. The number of anilines is 1. The molecule has 1 fully saturated rings. The van der Waals surface area contributed by atoms with E-state index in [1.165, 1.54) is 51.9 Å². The van der Waals surface area contributed by atoms with Crippen LogP contribution in [0.3, 0.4) is 0 Å². The maximum Gasteiger partial charge on any atom is 0.0934 e. The number of fused-ring (bicyclic) bond motifs is 2. The van der Waals surface area contributed by atoms with Crippen molar-refractivity contribution in [2.45, 2.75) is 46.2 Å². The Hall–Kier alpha value is -2.00. The van der Waals surface area contributed by atoms with Crippen molar-refractivity contribution in [3.63, 3.8) is 0 Å². The molecule has 0 N–H and O–H groups in total. The summed E-state index contributed by atoms with van der Waals surface area (Å²) in [4.78, 5) is 7.29. The minimum absolute atomic E-state index is 0. The highest BCUT2D eigenvalue weighted by Gasteiger charge is 2.26. The molecule has 0 amide bonds. The summed E-state index contributed by atoms with van der Waals surface area (Å²) in [5.41, 5.74) is 9.60. The summed E-state index contributed by atoms with van der Waals surface area (Å²) in [5.74, 6) is 0.865. The molecule has 4 heteroatoms. The van der Waals surface area contributed by atoms with Crippen LogP contribution in [0.2, 0.25) is 0 Å². The van der Waals surface area contributed by atoms with Crippen molar-refractivity contribution in [2.24, 2.45) is 5.92 Å². The Labute approximate surface area is 161 Å². The van der Waals surface area contributed by atoms with Crippen molar-refractivity contribution in [3.8, 4) is 0 Å². The number of pyridine rings is 1. The predicted molar refractivity (Wildman–Crippen MR) is 110 cm³/mol. The van der Waals surface area contributed by atoms with Crippen LogP contribution in [0.15, 0.2) is 36.5 Å². The van der Waals surface area contributed by atoms with E-state index < -0.39 is 0 Å². The Morgan fingerprint density at radius 1 is 1.08 bits per heavy atom. The van der Waals surface area contributed by atoms with Crippen molar-refractivity contribution < 1.29 is 0 Å². The van der Waals surface area contributed by atoms with Crippen LogP contribution in [-0.4, -0.2) is 16.1 Å². The molecule has 3 aromatic rings. The lowest BCUT2D eigenvalue weighted by Crippen LogP contribution is -2.30. The van der Waals surface area contributed by atoms with E-state index in [1.54, 1.807) is 0 Å². The normalized spacial score (nSPS) is 16.5. The summed E-state index contributed by atoms with van der Waals surface area (Å²) in [6.07, 6.45) is 5.88. The highest BCUT2D eigenvalue weighted by molar-refractivity contribution is 5.92. The molecule has 136 valence electrons. The Morgan fingerprint density at radius 2 is 1.85 bits per heavy atom. The zero-order valence-electron chi connectivity index (χ0n) is 15.5. The third-order valence-corrected chi connectivity index (χ3v) is 6.08. The molecule has 0 bridgehead atoms. The predicted octanol–water partition coefficient (Wildman–Crippen LogP) is 5.05. The van der Waals surface area contributed by atoms with E-state index in [9.17, 15) is 0 Å². The number of rotatable bonds is 3. The van der Waals surface area contributed by atoms with Crippen LogP contribution in [-0.2, 0) is 19.5 Å². The van der Waals surface area contributed by atoms with E-state index in [0.29, 0.717) is 0 Å². The highest BCUT2D eigenvalue weighted by Crippen LogP contribution is 2.38. The first-order valence-electron chi connectivity index (χ1n) is 9.48. The standard InChI is InChI=1S/C22H25N3.ClH/c1-15-16(2)25(13-17-7-8-17)22-20(9-11-23-21(15)22)24-12-10-18-5-3-4-6-19(18)14-24;/h3-6,9,11,17H,7-8,10,12-14H2,1-2H3;1H. The lowest BCUT2D eigenvalue weighted by atomic mass is 9.99. The van der Waals surface area contributed by atoms with E-state index in [-0.39, 0.29) is 12.4 Å². The number of nitrogens with zero attached hydrogens (tertiary/aromatic N) is 3. The molecule has 3 heterocycles. The average Bonchev–Trinajstić information content (AvgIpc) is 3.44. The molecule has 0 spiro atoms. The van der Waals surface area contributed by atoms with E-state index in [0.717, 1.165) is 32.0 Å². The number of aryl methyl sites for hydroxylation is 1. The summed E-state index contributed by atoms with van der Waals surface area (Å²) in [6.45, 7) is 7.72. The molecule has 0 radical (unpaired) electrons. The summed E-state index contributed by atoms with van der Waals surface area (Å²) >= 11 is 0. The molecule has 0 unspecified atom stereocenters. The van der Waals surface area contributed by atoms with Gasteiger partial charge in [-0.3, -0.25) is 4.98 Å². The maximum absolute atomic E-state index is 4.74. The monoisotopic (exact) mass is 367 g/mol. The summed E-state index contributed by atoms with van der Waals surface area (Å²) in [6, 6.07) is 11.1. The number of aromatic nitrogens is 2. The molecular weight excluding hydrogens is 342 g/mol. The number of halogens is 1. The van der Waals surface area contributed by atoms with Gasteiger partial charge in [0, 0.05) is 31.5 Å². The quantitative estimate of drug-likeness (QED) is 0.646. The second kappa shape index (κ2) is 6.62. The first kappa shape index (κ1) is 17.4. The largest absolute Gasteiger partial charge is 0.365 e. The van der Waals surface area contributed by atoms with Gasteiger partial charge in [0.25, 0.3) is 0 Å². The van der Waals surface area contributed by atoms with Crippen LogP contribution in [0.1, 0.15) is 35.2 Å². The summed E-state index contributed by atoms with van der Waals surface area (Å²) < 4.78 is 2.55. The van der Waals surface area contributed by atoms with Crippen molar-refractivity contribution >= 4 is 29.1 Å². The van der Waals surface area contributed by atoms with E-state index in [1.807, 2.05) is 6.20 Å². The van der Waals surface area contributed by atoms with Crippen LogP contribution in [0, 0.1) is 19.8 Å². The van der Waals surface area contributed by atoms with Gasteiger partial charge in [-0.2, -0.15) is 0 Å². The SMILES string of the molecule is Cc1c(C)n(CC2CC2)c2c(N3CCc4ccccc4C3)ccnc12.Cl. The minimum Gasteiger partial charge on any atom is -0.365 e. The van der Waals surface area contributed by atoms with Crippen LogP contribution in [0.4, 0.5) is 5.69 Å². The van der Waals surface area contributed by atoms with Crippen molar-refractivity contribution in [1.29, 1.82) is 0 Å². The van der Waals surface area contributed by atoms with Gasteiger partial charge < -0.3 is 9.47 Å². The van der Waals surface area contributed by atoms with Crippen LogP contribution < -0.4 is 4.90 Å². The van der Waals surface area contributed by atoms with E-state index in [2.05, 4.69) is 53.6 Å². The maximum atomic E-state index is 4.74. The Morgan fingerprint density at radius 3 is 2.62 bits per heavy atom. The zero-order chi connectivity index (χ0) is 17.0. The van der Waals surface area contributed by atoms with Gasteiger partial charge in [-0.05, 0) is 61.8 Å². The fraction of sp³-hybridized carbons (Fsp3) is 0.409. The van der Waals surface area contributed by atoms with Crippen LogP contribution in [0.5, 0.6) is 0 Å². The van der Waals surface area contributed by atoms with Gasteiger partial charge in [0.2, 0.25) is 0 Å². The molecule has 5 rings (SSSR count). The first-order valence-corrected chi connectivity index (χ1v) is 9.48. The molecule has 1 aromatic carbocycles. The molecule has 2 aromatic heterocycles. The fourth-order valence-electron chi connectivity index (χ4n) is 4.27. The lowest BCUT2D eigenvalue weighted by molar-refractivity contribution is 0.630. The van der Waals surface area contributed by atoms with Crippen LogP contribution >= 0.6 is 12.4 Å². The fourth-order valence-corrected chi connectivity index (χ4v) is 4.27. The van der Waals surface area contributed by atoms with Gasteiger partial charge in [0.1, 0.15) is 0 Å². The van der Waals surface area contributed by atoms with E-state index in [4.69, 9.17) is 4.98 Å². The molecular formula is C22H26ClN3. The molecule has 1 aliphatic carbocycles. The molecule has 0 atom stereocenters. The summed E-state index contributed by atoms with van der Waals surface area (Å²) in [5, 5.41) is 0. The molecule has 0 saturated heterocycles. The zero-order valence-corrected chi connectivity index (χ0v) is 16.4. The van der Waals surface area contributed by atoms with Gasteiger partial charge in [-0.25, -0.2) is 0 Å². The van der Waals surface area contributed by atoms with Gasteiger partial charge in [-0.1, -0.05) is 24.3 Å². The topological polar surface area (TPSA) is 21.1 Å². The van der Waals surface area contributed by atoms with E-state index >= 15 is 0 Å². The third kappa shape index (κ3) is 2.79. The van der Waals surface area contributed by atoms with Crippen molar-refractivity contribution in [1.82, 2.24) is 9.55 Å². The van der Waals surface area contributed by atoms with Gasteiger partial charge in [0.15, 0.2) is 0 Å². The van der Waals surface area contributed by atoms with Gasteiger partial charge in [-0.15, -0.1) is 12.4 Å². The summed E-state index contributed by atoms with van der Waals surface area (Å²) in [7, 11) is 0. The second-order valence-corrected chi connectivity index (χ2v) is 7.73. The minimum atomic E-state index is 0. The number of hydrogen-bond donors (Lipinski definition) is 0. The molecule has 1 aliphatic heterocycles. The Kier molecular flexibility index (Phi) is 4.44. The molecule has 3 nitrogen and oxygen atoms in total. The van der Waals surface area contributed by atoms with Gasteiger partial charge in [0.05, 0.1) is 16.7 Å². The van der Waals surface area contributed by atoms with Crippen LogP contribution in [0.25, 0.3) is 11.0 Å². The van der Waals surface area contributed by atoms with Gasteiger partial charge >= 0.3 is 0 Å². The highest BCUT2D eigenvalue weighted by atomic mass is 35.5. The van der Waals surface area contributed by atoms with Crippen molar-refractivity contribution in [3.05, 3.63) is 58.9 Å². The smallest absolute Gasteiger partial charge is 0.0934 e. The molecule has 1 saturated carbocycles. The number of hydrogen-bond acceptors (Lipinski definition) is 2. The molecule has 2 aliphatic rings. The number of benzene rings is 1. The lowest BCUT2D eigenvalue weighted by Gasteiger charge is -2.31. The Bertz CT molecular complexity index is 955. The first-order chi connectivity index (χ1) is 12.2.